The van der Waals surface area contributed by atoms with E-state index in [9.17, 15) is 19.2 Å². The summed E-state index contributed by atoms with van der Waals surface area (Å²) in [6, 6.07) is 12.3. The Bertz CT molecular complexity index is 1260. The number of nitrogens with zero attached hydrogens (tertiary/aromatic N) is 2. The van der Waals surface area contributed by atoms with Gasteiger partial charge in [0.05, 0.1) is 31.6 Å². The summed E-state index contributed by atoms with van der Waals surface area (Å²) in [5.41, 5.74) is 1.39. The molecule has 0 bridgehead atoms. The number of thioether (sulfide) groups is 1. The number of carbonyl (C=O) groups is 4. The minimum atomic E-state index is -0.520. The second-order valence-corrected chi connectivity index (χ2v) is 9.56. The normalized spacial score (nSPS) is 18.3. The second-order valence-electron chi connectivity index (χ2n) is 8.57. The molecule has 4 amide bonds. The monoisotopic (exact) mass is 539 g/mol. The fourth-order valence-corrected chi connectivity index (χ4v) is 5.11. The Morgan fingerprint density at radius 1 is 1.08 bits per heavy atom. The molecular weight excluding hydrogens is 510 g/mol. The lowest BCUT2D eigenvalue weighted by Crippen LogP contribution is -2.40. The predicted octanol–water partition coefficient (Wildman–Crippen LogP) is 3.31. The molecule has 4 rings (SSSR count). The zero-order valence-electron chi connectivity index (χ0n) is 21.4. The molecule has 0 unspecified atom stereocenters. The second kappa shape index (κ2) is 12.0. The van der Waals surface area contributed by atoms with Gasteiger partial charge in [-0.3, -0.25) is 24.1 Å². The molecule has 10 nitrogen and oxygen atoms in total. The lowest BCUT2D eigenvalue weighted by molar-refractivity contribution is -0.127. The van der Waals surface area contributed by atoms with Gasteiger partial charge in [-0.15, -0.1) is 0 Å². The minimum Gasteiger partial charge on any atom is -0.494 e. The van der Waals surface area contributed by atoms with Crippen LogP contribution in [0.3, 0.4) is 0 Å². The molecule has 200 valence electrons. The van der Waals surface area contributed by atoms with Crippen molar-refractivity contribution in [2.45, 2.75) is 13.3 Å². The van der Waals surface area contributed by atoms with Gasteiger partial charge in [0.2, 0.25) is 11.8 Å². The Morgan fingerprint density at radius 2 is 1.82 bits per heavy atom. The third kappa shape index (κ3) is 5.94. The van der Waals surface area contributed by atoms with Gasteiger partial charge in [-0.2, -0.15) is 0 Å². The number of rotatable bonds is 10. The summed E-state index contributed by atoms with van der Waals surface area (Å²) < 4.78 is 15.9. The lowest BCUT2D eigenvalue weighted by atomic mass is 10.1. The van der Waals surface area contributed by atoms with E-state index in [1.165, 1.54) is 14.2 Å². The number of anilines is 1. The van der Waals surface area contributed by atoms with E-state index >= 15 is 0 Å². The van der Waals surface area contributed by atoms with Gasteiger partial charge in [0.1, 0.15) is 5.75 Å². The maximum atomic E-state index is 12.8. The Hall–Kier alpha value is -3.99. The van der Waals surface area contributed by atoms with Crippen molar-refractivity contribution in [2.24, 2.45) is 5.92 Å². The van der Waals surface area contributed by atoms with Gasteiger partial charge in [-0.25, -0.2) is 0 Å². The van der Waals surface area contributed by atoms with Gasteiger partial charge < -0.3 is 24.4 Å². The maximum Gasteiger partial charge on any atom is 0.293 e. The van der Waals surface area contributed by atoms with Gasteiger partial charge in [0, 0.05) is 31.7 Å². The Morgan fingerprint density at radius 3 is 2.50 bits per heavy atom. The highest BCUT2D eigenvalue weighted by Gasteiger charge is 2.37. The number of amides is 4. The highest BCUT2D eigenvalue weighted by Crippen LogP contribution is 2.34. The fourth-order valence-electron chi connectivity index (χ4n) is 4.24. The van der Waals surface area contributed by atoms with Crippen LogP contribution >= 0.6 is 11.8 Å². The first kappa shape index (κ1) is 27.1. The topological polar surface area (TPSA) is 114 Å². The van der Waals surface area contributed by atoms with Gasteiger partial charge in [0.15, 0.2) is 11.5 Å². The van der Waals surface area contributed by atoms with Crippen LogP contribution in [-0.4, -0.2) is 68.3 Å². The first-order chi connectivity index (χ1) is 18.3. The molecule has 1 N–H and O–H groups in total. The van der Waals surface area contributed by atoms with E-state index in [1.54, 1.807) is 53.4 Å². The van der Waals surface area contributed by atoms with Crippen molar-refractivity contribution in [3.63, 3.8) is 0 Å². The molecule has 2 aliphatic heterocycles. The first-order valence-electron chi connectivity index (χ1n) is 12.1. The largest absolute Gasteiger partial charge is 0.494 e. The minimum absolute atomic E-state index is 0.0307. The first-order valence-corrected chi connectivity index (χ1v) is 12.9. The SMILES string of the molecule is CCOc1ccc(N2C[C@H](C(=O)NCCN3C(=O)S/C(=C/c4ccc(OC)c(OC)c4)C3=O)CC2=O)cc1. The molecule has 0 aliphatic carbocycles. The summed E-state index contributed by atoms with van der Waals surface area (Å²) in [5.74, 6) is 0.397. The third-order valence-electron chi connectivity index (χ3n) is 6.17. The van der Waals surface area contributed by atoms with Gasteiger partial charge >= 0.3 is 0 Å². The molecule has 0 saturated carbocycles. The molecule has 0 spiro atoms. The highest BCUT2D eigenvalue weighted by atomic mass is 32.2. The molecule has 0 radical (unpaired) electrons. The van der Waals surface area contributed by atoms with Crippen LogP contribution in [0.2, 0.25) is 0 Å². The van der Waals surface area contributed by atoms with Crippen LogP contribution in [0.15, 0.2) is 47.4 Å². The molecular formula is C27H29N3O7S. The van der Waals surface area contributed by atoms with E-state index in [-0.39, 0.29) is 42.8 Å². The van der Waals surface area contributed by atoms with Crippen LogP contribution in [0.4, 0.5) is 10.5 Å². The van der Waals surface area contributed by atoms with Gasteiger partial charge in [-0.1, -0.05) is 6.07 Å². The van der Waals surface area contributed by atoms with Gasteiger partial charge in [-0.05, 0) is 66.7 Å². The van der Waals surface area contributed by atoms with Crippen LogP contribution in [0.1, 0.15) is 18.9 Å². The molecule has 2 heterocycles. The molecule has 2 saturated heterocycles. The molecule has 2 fully saturated rings. The number of benzene rings is 2. The van der Waals surface area contributed by atoms with Crippen molar-refractivity contribution in [3.05, 3.63) is 52.9 Å². The molecule has 0 aromatic heterocycles. The highest BCUT2D eigenvalue weighted by molar-refractivity contribution is 8.18. The number of methoxy groups -OCH3 is 2. The predicted molar refractivity (Wildman–Crippen MR) is 143 cm³/mol. The number of imide groups is 1. The molecule has 11 heteroatoms. The van der Waals surface area contributed by atoms with E-state index in [4.69, 9.17) is 14.2 Å². The number of ether oxygens (including phenoxy) is 3. The smallest absolute Gasteiger partial charge is 0.293 e. The van der Waals surface area contributed by atoms with E-state index < -0.39 is 17.1 Å². The summed E-state index contributed by atoms with van der Waals surface area (Å²) in [4.78, 5) is 53.5. The van der Waals surface area contributed by atoms with Crippen molar-refractivity contribution in [1.82, 2.24) is 10.2 Å². The number of hydrogen-bond donors (Lipinski definition) is 1. The van der Waals surface area contributed by atoms with Gasteiger partial charge in [0.25, 0.3) is 11.1 Å². The summed E-state index contributed by atoms with van der Waals surface area (Å²) >= 11 is 0.840. The van der Waals surface area contributed by atoms with Crippen molar-refractivity contribution >= 4 is 46.5 Å². The van der Waals surface area contributed by atoms with Crippen LogP contribution in [0, 0.1) is 5.92 Å². The number of hydrogen-bond acceptors (Lipinski definition) is 8. The van der Waals surface area contributed by atoms with Crippen LogP contribution in [0.25, 0.3) is 6.08 Å². The molecule has 2 aliphatic rings. The van der Waals surface area contributed by atoms with E-state index in [0.29, 0.717) is 35.1 Å². The van der Waals surface area contributed by atoms with Crippen molar-refractivity contribution < 1.29 is 33.4 Å². The van der Waals surface area contributed by atoms with Crippen LogP contribution in [-0.2, 0) is 14.4 Å². The third-order valence-corrected chi connectivity index (χ3v) is 7.08. The standard InChI is InChI=1S/C27H29N3O7S/c1-4-37-20-8-6-19(7-9-20)30-16-18(15-24(30)31)25(32)28-11-12-29-26(33)23(38-27(29)34)14-17-5-10-21(35-2)22(13-17)36-3/h5-10,13-14,18H,4,11-12,15-16H2,1-3H3,(H,28,32)/b23-14+/t18-/m1/s1. The maximum absolute atomic E-state index is 12.8. The van der Waals surface area contributed by atoms with Crippen LogP contribution in [0.5, 0.6) is 17.2 Å². The fraction of sp³-hybridized carbons (Fsp3) is 0.333. The molecule has 2 aromatic rings. The zero-order valence-corrected chi connectivity index (χ0v) is 22.2. The van der Waals surface area contributed by atoms with Crippen LogP contribution < -0.4 is 24.4 Å². The quantitative estimate of drug-likeness (QED) is 0.458. The summed E-state index contributed by atoms with van der Waals surface area (Å²) in [6.45, 7) is 2.82. The van der Waals surface area contributed by atoms with Crippen molar-refractivity contribution in [2.75, 3.05) is 45.4 Å². The Labute approximate surface area is 224 Å². The summed E-state index contributed by atoms with van der Waals surface area (Å²) in [6.07, 6.45) is 1.71. The number of nitrogens with one attached hydrogen (secondary N) is 1. The summed E-state index contributed by atoms with van der Waals surface area (Å²) in [5, 5.41) is 2.35. The van der Waals surface area contributed by atoms with E-state index in [0.717, 1.165) is 16.7 Å². The summed E-state index contributed by atoms with van der Waals surface area (Å²) in [7, 11) is 3.05. The van der Waals surface area contributed by atoms with E-state index in [2.05, 4.69) is 5.32 Å². The van der Waals surface area contributed by atoms with Crippen molar-refractivity contribution in [1.29, 1.82) is 0 Å². The van der Waals surface area contributed by atoms with Crippen molar-refractivity contribution in [3.8, 4) is 17.2 Å². The van der Waals surface area contributed by atoms with E-state index in [1.807, 2.05) is 6.92 Å². The Balaban J connectivity index is 1.30. The average Bonchev–Trinajstić information content (AvgIpc) is 3.43. The lowest BCUT2D eigenvalue weighted by Gasteiger charge is -2.18. The molecule has 1 atom stereocenters. The average molecular weight is 540 g/mol. The molecule has 2 aromatic carbocycles. The Kier molecular flexibility index (Phi) is 8.57. The molecule has 38 heavy (non-hydrogen) atoms. The zero-order chi connectivity index (χ0) is 27.2. The number of carbonyl (C=O) groups excluding carboxylic acids is 4.